The van der Waals surface area contributed by atoms with Gasteiger partial charge in [0.25, 0.3) is 0 Å². The van der Waals surface area contributed by atoms with Crippen LogP contribution in [0.15, 0.2) is 35.9 Å². The van der Waals surface area contributed by atoms with Crippen LogP contribution in [0.4, 0.5) is 0 Å². The summed E-state index contributed by atoms with van der Waals surface area (Å²) < 4.78 is 2.19. The van der Waals surface area contributed by atoms with Gasteiger partial charge in [0.05, 0.1) is 11.0 Å². The van der Waals surface area contributed by atoms with Crippen molar-refractivity contribution in [3.63, 3.8) is 0 Å². The molecule has 0 aliphatic carbocycles. The van der Waals surface area contributed by atoms with E-state index in [2.05, 4.69) is 53.1 Å². The number of allylic oxidation sites excluding steroid dienone is 1. The third kappa shape index (κ3) is 2.79. The van der Waals surface area contributed by atoms with Gasteiger partial charge in [-0.15, -0.1) is 0 Å². The molecule has 0 atom stereocenters. The average molecular weight is 243 g/mol. The second kappa shape index (κ2) is 5.83. The van der Waals surface area contributed by atoms with Crippen LogP contribution in [0.2, 0.25) is 0 Å². The van der Waals surface area contributed by atoms with Crippen LogP contribution in [0.25, 0.3) is 11.0 Å². The van der Waals surface area contributed by atoms with Gasteiger partial charge in [0, 0.05) is 13.5 Å². The molecule has 18 heavy (non-hydrogen) atoms. The van der Waals surface area contributed by atoms with E-state index in [9.17, 15) is 0 Å². The Bertz CT molecular complexity index is 552. The fraction of sp³-hybridized carbons (Fsp3) is 0.400. The predicted octanol–water partition coefficient (Wildman–Crippen LogP) is 2.67. The molecule has 96 valence electrons. The van der Waals surface area contributed by atoms with Gasteiger partial charge in [-0.05, 0) is 39.1 Å². The highest BCUT2D eigenvalue weighted by Crippen LogP contribution is 2.16. The van der Waals surface area contributed by atoms with E-state index < -0.39 is 0 Å². The number of benzene rings is 1. The van der Waals surface area contributed by atoms with E-state index >= 15 is 0 Å². The smallest absolute Gasteiger partial charge is 0.113 e. The molecule has 0 unspecified atom stereocenters. The fourth-order valence-corrected chi connectivity index (χ4v) is 2.14. The SMILES string of the molecule is CNCCC=C(C)Cc1nc2ccccc2n1C. The molecule has 0 radical (unpaired) electrons. The van der Waals surface area contributed by atoms with Crippen LogP contribution in [0.1, 0.15) is 19.2 Å². The molecule has 0 aliphatic heterocycles. The lowest BCUT2D eigenvalue weighted by molar-refractivity contribution is 0.795. The number of nitrogens with one attached hydrogen (secondary N) is 1. The van der Waals surface area contributed by atoms with Crippen molar-refractivity contribution in [2.45, 2.75) is 19.8 Å². The fourth-order valence-electron chi connectivity index (χ4n) is 2.14. The molecule has 1 aromatic heterocycles. The van der Waals surface area contributed by atoms with Crippen LogP contribution in [0.5, 0.6) is 0 Å². The summed E-state index contributed by atoms with van der Waals surface area (Å²) in [6, 6.07) is 8.28. The van der Waals surface area contributed by atoms with Crippen molar-refractivity contribution >= 4 is 11.0 Å². The van der Waals surface area contributed by atoms with Gasteiger partial charge in [-0.3, -0.25) is 0 Å². The van der Waals surface area contributed by atoms with Gasteiger partial charge in [0.2, 0.25) is 0 Å². The number of rotatable bonds is 5. The van der Waals surface area contributed by atoms with Crippen LogP contribution in [0, 0.1) is 0 Å². The summed E-state index contributed by atoms with van der Waals surface area (Å²) in [5, 5.41) is 3.15. The second-order valence-corrected chi connectivity index (χ2v) is 4.70. The first-order chi connectivity index (χ1) is 8.72. The second-order valence-electron chi connectivity index (χ2n) is 4.70. The normalized spacial score (nSPS) is 12.3. The largest absolute Gasteiger partial charge is 0.331 e. The zero-order valence-electron chi connectivity index (χ0n) is 11.4. The van der Waals surface area contributed by atoms with Gasteiger partial charge < -0.3 is 9.88 Å². The number of nitrogens with zero attached hydrogens (tertiary/aromatic N) is 2. The van der Waals surface area contributed by atoms with Crippen molar-refractivity contribution < 1.29 is 0 Å². The van der Waals surface area contributed by atoms with E-state index in [1.807, 2.05) is 13.1 Å². The molecule has 2 rings (SSSR count). The maximum absolute atomic E-state index is 4.69. The molecule has 1 aromatic carbocycles. The maximum Gasteiger partial charge on any atom is 0.113 e. The lowest BCUT2D eigenvalue weighted by Gasteiger charge is -2.03. The van der Waals surface area contributed by atoms with Crippen molar-refractivity contribution in [2.24, 2.45) is 7.05 Å². The number of hydrogen-bond acceptors (Lipinski definition) is 2. The first-order valence-electron chi connectivity index (χ1n) is 6.43. The summed E-state index contributed by atoms with van der Waals surface area (Å²) >= 11 is 0. The molecule has 3 nitrogen and oxygen atoms in total. The van der Waals surface area contributed by atoms with E-state index in [1.165, 1.54) is 11.1 Å². The highest BCUT2D eigenvalue weighted by atomic mass is 15.1. The van der Waals surface area contributed by atoms with E-state index in [0.717, 1.165) is 30.7 Å². The Morgan fingerprint density at radius 2 is 2.17 bits per heavy atom. The zero-order chi connectivity index (χ0) is 13.0. The Balaban J connectivity index is 2.16. The Morgan fingerprint density at radius 3 is 2.89 bits per heavy atom. The van der Waals surface area contributed by atoms with Crippen LogP contribution in [-0.4, -0.2) is 23.1 Å². The van der Waals surface area contributed by atoms with Crippen molar-refractivity contribution in [2.75, 3.05) is 13.6 Å². The number of fused-ring (bicyclic) bond motifs is 1. The maximum atomic E-state index is 4.69. The van der Waals surface area contributed by atoms with E-state index in [0.29, 0.717) is 0 Å². The highest BCUT2D eigenvalue weighted by molar-refractivity contribution is 5.75. The van der Waals surface area contributed by atoms with Crippen molar-refractivity contribution in [3.05, 3.63) is 41.7 Å². The third-order valence-electron chi connectivity index (χ3n) is 3.20. The van der Waals surface area contributed by atoms with Crippen LogP contribution in [-0.2, 0) is 13.5 Å². The lowest BCUT2D eigenvalue weighted by Crippen LogP contribution is -2.06. The number of aryl methyl sites for hydroxylation is 1. The molecule has 1 N–H and O–H groups in total. The summed E-state index contributed by atoms with van der Waals surface area (Å²) in [7, 11) is 4.07. The van der Waals surface area contributed by atoms with E-state index in [4.69, 9.17) is 0 Å². The quantitative estimate of drug-likeness (QED) is 0.646. The summed E-state index contributed by atoms with van der Waals surface area (Å²) in [5.41, 5.74) is 3.66. The van der Waals surface area contributed by atoms with Crippen molar-refractivity contribution in [3.8, 4) is 0 Å². The Morgan fingerprint density at radius 1 is 1.39 bits per heavy atom. The first kappa shape index (κ1) is 12.8. The topological polar surface area (TPSA) is 29.9 Å². The molecule has 0 spiro atoms. The van der Waals surface area contributed by atoms with E-state index in [1.54, 1.807) is 0 Å². The van der Waals surface area contributed by atoms with Crippen LogP contribution in [0.3, 0.4) is 0 Å². The Kier molecular flexibility index (Phi) is 4.15. The standard InChI is InChI=1S/C15H21N3/c1-12(7-6-10-16-2)11-15-17-13-8-4-5-9-14(13)18(15)3/h4-5,7-9,16H,6,10-11H2,1-3H3. The number of hydrogen-bond donors (Lipinski definition) is 1. The average Bonchev–Trinajstić information content (AvgIpc) is 2.67. The van der Waals surface area contributed by atoms with Gasteiger partial charge in [-0.1, -0.05) is 23.8 Å². The zero-order valence-corrected chi connectivity index (χ0v) is 11.4. The minimum absolute atomic E-state index is 0.925. The molecule has 0 bridgehead atoms. The highest BCUT2D eigenvalue weighted by Gasteiger charge is 2.06. The summed E-state index contributed by atoms with van der Waals surface area (Å²) in [5.74, 6) is 1.13. The predicted molar refractivity (Wildman–Crippen MR) is 76.7 cm³/mol. The molecule has 0 fully saturated rings. The summed E-state index contributed by atoms with van der Waals surface area (Å²) in [4.78, 5) is 4.69. The molecule has 0 amide bonds. The van der Waals surface area contributed by atoms with Crippen LogP contribution < -0.4 is 5.32 Å². The molecular weight excluding hydrogens is 222 g/mol. The van der Waals surface area contributed by atoms with Gasteiger partial charge in [-0.25, -0.2) is 4.98 Å². The third-order valence-corrected chi connectivity index (χ3v) is 3.20. The lowest BCUT2D eigenvalue weighted by atomic mass is 10.1. The molecule has 3 heteroatoms. The monoisotopic (exact) mass is 243 g/mol. The molecule has 1 heterocycles. The summed E-state index contributed by atoms with van der Waals surface area (Å²) in [6.45, 7) is 3.20. The molecule has 0 saturated carbocycles. The van der Waals surface area contributed by atoms with Gasteiger partial charge >= 0.3 is 0 Å². The molecule has 0 saturated heterocycles. The van der Waals surface area contributed by atoms with E-state index in [-0.39, 0.29) is 0 Å². The Hall–Kier alpha value is -1.61. The Labute approximate surface area is 109 Å². The minimum atomic E-state index is 0.925. The van der Waals surface area contributed by atoms with Gasteiger partial charge in [0.15, 0.2) is 0 Å². The molecule has 2 aromatic rings. The first-order valence-corrected chi connectivity index (χ1v) is 6.43. The minimum Gasteiger partial charge on any atom is -0.331 e. The number of para-hydroxylation sites is 2. The molecular formula is C15H21N3. The van der Waals surface area contributed by atoms with Gasteiger partial charge in [0.1, 0.15) is 5.82 Å². The van der Waals surface area contributed by atoms with Crippen molar-refractivity contribution in [1.82, 2.24) is 14.9 Å². The summed E-state index contributed by atoms with van der Waals surface area (Å²) in [6.07, 6.45) is 4.29. The molecule has 0 aliphatic rings. The van der Waals surface area contributed by atoms with Crippen molar-refractivity contribution in [1.29, 1.82) is 0 Å². The number of aromatic nitrogens is 2. The number of imidazole rings is 1. The van der Waals surface area contributed by atoms with Gasteiger partial charge in [-0.2, -0.15) is 0 Å². The van der Waals surface area contributed by atoms with Crippen LogP contribution >= 0.6 is 0 Å².